The Balaban J connectivity index is 1.86. The van der Waals surface area contributed by atoms with Gasteiger partial charge in [0.05, 0.1) is 5.56 Å². The van der Waals surface area contributed by atoms with Crippen LogP contribution in [0.1, 0.15) is 15.9 Å². The molecule has 1 aliphatic heterocycles. The van der Waals surface area contributed by atoms with Crippen LogP contribution in [0.5, 0.6) is 5.75 Å². The molecule has 0 aromatic heterocycles. The van der Waals surface area contributed by atoms with Gasteiger partial charge in [0.1, 0.15) is 12.0 Å². The van der Waals surface area contributed by atoms with Gasteiger partial charge in [-0.25, -0.2) is 4.79 Å². The van der Waals surface area contributed by atoms with Crippen molar-refractivity contribution in [3.63, 3.8) is 0 Å². The molecule has 0 bridgehead atoms. The van der Waals surface area contributed by atoms with Gasteiger partial charge in [-0.05, 0) is 30.3 Å². The van der Waals surface area contributed by atoms with Crippen LogP contribution in [-0.2, 0) is 4.74 Å². The minimum atomic E-state index is -0.360. The summed E-state index contributed by atoms with van der Waals surface area (Å²) in [5.41, 5.74) is 1.29. The summed E-state index contributed by atoms with van der Waals surface area (Å²) in [7, 11) is 0. The van der Waals surface area contributed by atoms with E-state index in [9.17, 15) is 4.79 Å². The summed E-state index contributed by atoms with van der Waals surface area (Å²) in [5.74, 6) is 0.675. The van der Waals surface area contributed by atoms with Crippen LogP contribution in [-0.4, -0.2) is 5.97 Å². The van der Waals surface area contributed by atoms with Crippen molar-refractivity contribution in [2.75, 3.05) is 0 Å². The first-order valence-electron chi connectivity index (χ1n) is 5.68. The predicted octanol–water partition coefficient (Wildman–Crippen LogP) is 3.89. The first-order chi connectivity index (χ1) is 9.24. The molecule has 0 saturated heterocycles. The lowest BCUT2D eigenvalue weighted by molar-refractivity contribution is 0.0712. The molecule has 3 rings (SSSR count). The van der Waals surface area contributed by atoms with Crippen LogP contribution in [0.25, 0.3) is 5.76 Å². The van der Waals surface area contributed by atoms with Gasteiger partial charge in [0.2, 0.25) is 0 Å². The molecule has 0 spiro atoms. The Bertz CT molecular complexity index is 659. The van der Waals surface area contributed by atoms with Crippen molar-refractivity contribution >= 4 is 23.3 Å². The maximum Gasteiger partial charge on any atom is 0.344 e. The lowest BCUT2D eigenvalue weighted by Gasteiger charge is -2.02. The third-order valence-electron chi connectivity index (χ3n) is 2.73. The van der Waals surface area contributed by atoms with Crippen molar-refractivity contribution < 1.29 is 14.3 Å². The molecule has 2 aromatic carbocycles. The van der Waals surface area contributed by atoms with Crippen LogP contribution in [0.2, 0.25) is 5.02 Å². The zero-order chi connectivity index (χ0) is 13.2. The van der Waals surface area contributed by atoms with Crippen LogP contribution >= 0.6 is 11.6 Å². The normalized spacial score (nSPS) is 15.2. The van der Waals surface area contributed by atoms with Crippen LogP contribution in [0, 0.1) is 0 Å². The molecule has 0 unspecified atom stereocenters. The Morgan fingerprint density at radius 2 is 1.68 bits per heavy atom. The number of hydrogen-bond donors (Lipinski definition) is 0. The third-order valence-corrected chi connectivity index (χ3v) is 2.98. The third kappa shape index (κ3) is 2.33. The van der Waals surface area contributed by atoms with E-state index in [4.69, 9.17) is 21.1 Å². The second kappa shape index (κ2) is 4.78. The Morgan fingerprint density at radius 1 is 1.00 bits per heavy atom. The van der Waals surface area contributed by atoms with Crippen molar-refractivity contribution in [1.29, 1.82) is 0 Å². The molecule has 94 valence electrons. The summed E-state index contributed by atoms with van der Waals surface area (Å²) in [6, 6.07) is 14.1. The van der Waals surface area contributed by atoms with Gasteiger partial charge in [0.15, 0.2) is 5.76 Å². The van der Waals surface area contributed by atoms with Gasteiger partial charge in [0.25, 0.3) is 0 Å². The highest BCUT2D eigenvalue weighted by molar-refractivity contribution is 6.30. The van der Waals surface area contributed by atoms with E-state index in [0.717, 1.165) is 5.56 Å². The molecule has 0 saturated carbocycles. The zero-order valence-electron chi connectivity index (χ0n) is 9.80. The van der Waals surface area contributed by atoms with Gasteiger partial charge in [-0.1, -0.05) is 29.8 Å². The van der Waals surface area contributed by atoms with Gasteiger partial charge in [-0.15, -0.1) is 0 Å². The summed E-state index contributed by atoms with van der Waals surface area (Å²) in [6.07, 6.45) is 1.42. The number of rotatable bonds is 2. The minimum Gasteiger partial charge on any atom is -0.461 e. The fraction of sp³-hybridized carbons (Fsp3) is 0. The first kappa shape index (κ1) is 11.8. The molecule has 4 heteroatoms. The first-order valence-corrected chi connectivity index (χ1v) is 6.06. The van der Waals surface area contributed by atoms with Crippen molar-refractivity contribution in [3.05, 3.63) is 70.9 Å². The molecule has 0 aliphatic carbocycles. The smallest absolute Gasteiger partial charge is 0.344 e. The minimum absolute atomic E-state index is 0.360. The van der Waals surface area contributed by atoms with Gasteiger partial charge in [-0.3, -0.25) is 0 Å². The summed E-state index contributed by atoms with van der Waals surface area (Å²) in [5, 5.41) is 0.637. The predicted molar refractivity (Wildman–Crippen MR) is 71.9 cm³/mol. The molecular formula is C15H9ClO3. The molecule has 19 heavy (non-hydrogen) atoms. The standard InChI is InChI=1S/C15H9ClO3/c16-10-5-7-11(8-6-10)18-9-14-12-3-1-2-4-13(12)15(17)19-14/h1-9H/b14-9-. The highest BCUT2D eigenvalue weighted by atomic mass is 35.5. The SMILES string of the molecule is O=C1O/C(=C\Oc2ccc(Cl)cc2)c2ccccc21. The van der Waals surface area contributed by atoms with E-state index >= 15 is 0 Å². The quantitative estimate of drug-likeness (QED) is 0.615. The Kier molecular flexibility index (Phi) is 2.97. The molecule has 3 nitrogen and oxygen atoms in total. The van der Waals surface area contributed by atoms with Crippen LogP contribution in [0.15, 0.2) is 54.8 Å². The molecular weight excluding hydrogens is 264 g/mol. The summed E-state index contributed by atoms with van der Waals surface area (Å²) >= 11 is 5.78. The number of hydrogen-bond acceptors (Lipinski definition) is 3. The topological polar surface area (TPSA) is 35.5 Å². The monoisotopic (exact) mass is 272 g/mol. The van der Waals surface area contributed by atoms with Crippen molar-refractivity contribution in [2.24, 2.45) is 0 Å². The molecule has 1 aliphatic rings. The largest absolute Gasteiger partial charge is 0.461 e. The highest BCUT2D eigenvalue weighted by Crippen LogP contribution is 2.29. The van der Waals surface area contributed by atoms with E-state index in [-0.39, 0.29) is 5.97 Å². The van der Waals surface area contributed by atoms with Gasteiger partial charge < -0.3 is 9.47 Å². The van der Waals surface area contributed by atoms with Crippen molar-refractivity contribution in [1.82, 2.24) is 0 Å². The van der Waals surface area contributed by atoms with Crippen molar-refractivity contribution in [2.45, 2.75) is 0 Å². The molecule has 0 atom stereocenters. The number of cyclic esters (lactones) is 1. The molecule has 0 fully saturated rings. The lowest BCUT2D eigenvalue weighted by Crippen LogP contribution is -1.92. The molecule has 2 aromatic rings. The number of esters is 1. The maximum atomic E-state index is 11.6. The zero-order valence-corrected chi connectivity index (χ0v) is 10.6. The van der Waals surface area contributed by atoms with E-state index in [0.29, 0.717) is 22.1 Å². The lowest BCUT2D eigenvalue weighted by atomic mass is 10.1. The number of carbonyl (C=O) groups is 1. The second-order valence-corrected chi connectivity index (χ2v) is 4.43. The Labute approximate surface area is 115 Å². The number of fused-ring (bicyclic) bond motifs is 1. The van der Waals surface area contributed by atoms with E-state index in [1.165, 1.54) is 6.26 Å². The van der Waals surface area contributed by atoms with E-state index in [2.05, 4.69) is 0 Å². The number of halogens is 1. The van der Waals surface area contributed by atoms with E-state index in [1.807, 2.05) is 12.1 Å². The second-order valence-electron chi connectivity index (χ2n) is 3.99. The van der Waals surface area contributed by atoms with Crippen LogP contribution in [0.4, 0.5) is 0 Å². The number of carbonyl (C=O) groups excluding carboxylic acids is 1. The summed E-state index contributed by atoms with van der Waals surface area (Å²) < 4.78 is 10.6. The molecule has 0 radical (unpaired) electrons. The fourth-order valence-electron chi connectivity index (χ4n) is 1.81. The van der Waals surface area contributed by atoms with Crippen LogP contribution < -0.4 is 4.74 Å². The summed E-state index contributed by atoms with van der Waals surface area (Å²) in [4.78, 5) is 11.6. The van der Waals surface area contributed by atoms with Gasteiger partial charge >= 0.3 is 5.97 Å². The van der Waals surface area contributed by atoms with Gasteiger partial charge in [0, 0.05) is 10.6 Å². The Hall–Kier alpha value is -2.26. The molecule has 1 heterocycles. The maximum absolute atomic E-state index is 11.6. The van der Waals surface area contributed by atoms with Crippen LogP contribution in [0.3, 0.4) is 0 Å². The summed E-state index contributed by atoms with van der Waals surface area (Å²) in [6.45, 7) is 0. The van der Waals surface area contributed by atoms with E-state index in [1.54, 1.807) is 36.4 Å². The van der Waals surface area contributed by atoms with E-state index < -0.39 is 0 Å². The number of benzene rings is 2. The average molecular weight is 273 g/mol. The van der Waals surface area contributed by atoms with Crippen molar-refractivity contribution in [3.8, 4) is 5.75 Å². The van der Waals surface area contributed by atoms with Gasteiger partial charge in [-0.2, -0.15) is 0 Å². The number of ether oxygens (including phenoxy) is 2. The molecule has 0 amide bonds. The average Bonchev–Trinajstić information content (AvgIpc) is 2.76. The highest BCUT2D eigenvalue weighted by Gasteiger charge is 2.25. The molecule has 0 N–H and O–H groups in total. The fourth-order valence-corrected chi connectivity index (χ4v) is 1.93. The Morgan fingerprint density at radius 3 is 2.42 bits per heavy atom.